The van der Waals surface area contributed by atoms with Crippen molar-refractivity contribution in [2.45, 2.75) is 71.5 Å². The van der Waals surface area contributed by atoms with E-state index in [4.69, 9.17) is 20.9 Å². The smallest absolute Gasteiger partial charge is 0.398 e. The van der Waals surface area contributed by atoms with E-state index >= 15 is 0 Å². The predicted octanol–water partition coefficient (Wildman–Crippen LogP) is 5.02. The summed E-state index contributed by atoms with van der Waals surface area (Å²) in [6.45, 7) is 13.0. The molecule has 130 valence electrons. The Bertz CT molecular complexity index is 755. The molecule has 1 aromatic heterocycles. The molecular weight excluding hydrogens is 320 g/mol. The van der Waals surface area contributed by atoms with Gasteiger partial charge in [0.05, 0.1) is 11.2 Å². The Labute approximate surface area is 150 Å². The second-order valence-corrected chi connectivity index (χ2v) is 8.29. The quantitative estimate of drug-likeness (QED) is 0.788. The molecule has 1 aromatic carbocycles. The second-order valence-electron chi connectivity index (χ2n) is 7.86. The molecule has 1 fully saturated rings. The van der Waals surface area contributed by atoms with Crippen molar-refractivity contribution in [1.29, 1.82) is 0 Å². The Hall–Kier alpha value is -0.965. The third-order valence-electron chi connectivity index (χ3n) is 5.41. The Morgan fingerprint density at radius 2 is 1.92 bits per heavy atom. The lowest BCUT2D eigenvalue weighted by Crippen LogP contribution is -2.44. The van der Waals surface area contributed by atoms with Crippen LogP contribution in [0.25, 0.3) is 10.9 Å². The van der Waals surface area contributed by atoms with Crippen LogP contribution in [0.15, 0.2) is 18.2 Å². The van der Waals surface area contributed by atoms with E-state index in [0.29, 0.717) is 5.92 Å². The van der Waals surface area contributed by atoms with E-state index in [9.17, 15) is 0 Å². The van der Waals surface area contributed by atoms with Gasteiger partial charge in [-0.15, -0.1) is 0 Å². The fraction of sp³-hybridized carbons (Fsp3) is 0.579. The van der Waals surface area contributed by atoms with Crippen molar-refractivity contribution in [1.82, 2.24) is 4.98 Å². The van der Waals surface area contributed by atoms with Crippen molar-refractivity contribution in [2.75, 3.05) is 0 Å². The normalized spacial score (nSPS) is 23.6. The van der Waals surface area contributed by atoms with Crippen LogP contribution in [0.1, 0.15) is 65.9 Å². The molecule has 0 bridgehead atoms. The number of hydrogen-bond donors (Lipinski definition) is 1. The maximum Gasteiger partial charge on any atom is 0.512 e. The Morgan fingerprint density at radius 3 is 2.54 bits per heavy atom. The molecule has 1 unspecified atom stereocenters. The Balaban J connectivity index is 2.09. The molecule has 0 radical (unpaired) electrons. The summed E-state index contributed by atoms with van der Waals surface area (Å²) in [6.07, 6.45) is 2.04. The van der Waals surface area contributed by atoms with Crippen molar-refractivity contribution in [2.24, 2.45) is 0 Å². The number of halogens is 1. The minimum atomic E-state index is -0.375. The zero-order valence-corrected chi connectivity index (χ0v) is 16.3. The average Bonchev–Trinajstić information content (AvgIpc) is 2.94. The van der Waals surface area contributed by atoms with Gasteiger partial charge in [-0.1, -0.05) is 38.8 Å². The third-order valence-corrected chi connectivity index (χ3v) is 5.65. The van der Waals surface area contributed by atoms with Gasteiger partial charge in [0.1, 0.15) is 0 Å². The zero-order chi connectivity index (χ0) is 17.7. The third kappa shape index (κ3) is 2.79. The molecule has 1 saturated heterocycles. The van der Waals surface area contributed by atoms with Crippen LogP contribution in [0.5, 0.6) is 0 Å². The number of hydrogen-bond acceptors (Lipinski definition) is 2. The van der Waals surface area contributed by atoms with Crippen molar-refractivity contribution in [3.05, 3.63) is 28.8 Å². The highest BCUT2D eigenvalue weighted by atomic mass is 35.5. The van der Waals surface area contributed by atoms with Gasteiger partial charge in [0.2, 0.25) is 0 Å². The summed E-state index contributed by atoms with van der Waals surface area (Å²) in [5.74, 6) is 0.348. The largest absolute Gasteiger partial charge is 0.512 e. The summed E-state index contributed by atoms with van der Waals surface area (Å²) in [5, 5.41) is 1.90. The molecular formula is C19H27BClNO2. The molecule has 3 nitrogen and oxygen atoms in total. The summed E-state index contributed by atoms with van der Waals surface area (Å²) in [4.78, 5) is 3.52. The summed E-state index contributed by atoms with van der Waals surface area (Å²) < 4.78 is 12.8. The van der Waals surface area contributed by atoms with Crippen LogP contribution >= 0.6 is 11.6 Å². The second kappa shape index (κ2) is 6.08. The van der Waals surface area contributed by atoms with E-state index in [-0.39, 0.29) is 18.3 Å². The first-order valence-corrected chi connectivity index (χ1v) is 9.23. The molecule has 0 saturated carbocycles. The van der Waals surface area contributed by atoms with Crippen molar-refractivity contribution >= 4 is 35.2 Å². The maximum atomic E-state index is 6.45. The van der Waals surface area contributed by atoms with E-state index in [1.54, 1.807) is 0 Å². The van der Waals surface area contributed by atoms with Gasteiger partial charge in [-0.2, -0.15) is 0 Å². The molecule has 0 amide bonds. The topological polar surface area (TPSA) is 34.2 Å². The summed E-state index contributed by atoms with van der Waals surface area (Å²) >= 11 is 6.22. The molecule has 1 aliphatic rings. The molecule has 0 aliphatic carbocycles. The maximum absolute atomic E-state index is 6.45. The standard InChI is InChI=1S/C19H27BClNO2/c1-7-10-19(6)18(4,5)23-20(24-19)17-16(12(2)3)14-11-13(21)8-9-15(14)22-17/h8-9,11-12,22H,7,10H2,1-6H3. The fourth-order valence-electron chi connectivity index (χ4n) is 3.76. The van der Waals surface area contributed by atoms with Crippen molar-refractivity contribution < 1.29 is 9.31 Å². The molecule has 24 heavy (non-hydrogen) atoms. The van der Waals surface area contributed by atoms with Gasteiger partial charge in [0, 0.05) is 21.5 Å². The van der Waals surface area contributed by atoms with E-state index in [1.807, 2.05) is 18.2 Å². The number of nitrogens with one attached hydrogen (secondary N) is 1. The number of fused-ring (bicyclic) bond motifs is 1. The van der Waals surface area contributed by atoms with Crippen LogP contribution in [0.3, 0.4) is 0 Å². The molecule has 0 spiro atoms. The monoisotopic (exact) mass is 347 g/mol. The van der Waals surface area contributed by atoms with Crippen LogP contribution < -0.4 is 5.59 Å². The minimum Gasteiger partial charge on any atom is -0.398 e. The van der Waals surface area contributed by atoms with Gasteiger partial charge in [-0.25, -0.2) is 0 Å². The van der Waals surface area contributed by atoms with Gasteiger partial charge in [0.15, 0.2) is 0 Å². The van der Waals surface area contributed by atoms with Gasteiger partial charge in [0.25, 0.3) is 0 Å². The number of aromatic nitrogens is 1. The highest BCUT2D eigenvalue weighted by Crippen LogP contribution is 2.41. The number of H-pyrrole nitrogens is 1. The van der Waals surface area contributed by atoms with Gasteiger partial charge >= 0.3 is 7.12 Å². The fourth-order valence-corrected chi connectivity index (χ4v) is 3.94. The lowest BCUT2D eigenvalue weighted by molar-refractivity contribution is -0.0159. The summed E-state index contributed by atoms with van der Waals surface area (Å²) in [5.41, 5.74) is 2.70. The molecule has 1 aliphatic heterocycles. The van der Waals surface area contributed by atoms with Gasteiger partial charge < -0.3 is 14.3 Å². The predicted molar refractivity (Wildman–Crippen MR) is 102 cm³/mol. The SMILES string of the molecule is CCCC1(C)OB(c2[nH]c3ccc(Cl)cc3c2C(C)C)OC1(C)C. The Kier molecular flexibility index (Phi) is 4.52. The van der Waals surface area contributed by atoms with Crippen LogP contribution in [-0.4, -0.2) is 23.3 Å². The number of benzene rings is 1. The summed E-state index contributed by atoms with van der Waals surface area (Å²) in [7, 11) is -0.375. The first kappa shape index (κ1) is 17.8. The number of rotatable bonds is 4. The minimum absolute atomic E-state index is 0.296. The van der Waals surface area contributed by atoms with E-state index in [0.717, 1.165) is 34.4 Å². The molecule has 3 rings (SSSR count). The highest BCUT2D eigenvalue weighted by molar-refractivity contribution is 6.62. The van der Waals surface area contributed by atoms with Crippen molar-refractivity contribution in [3.63, 3.8) is 0 Å². The molecule has 1 atom stereocenters. The number of aromatic amines is 1. The first-order chi connectivity index (χ1) is 11.2. The van der Waals surface area contributed by atoms with E-state index in [2.05, 4.69) is 46.5 Å². The Morgan fingerprint density at radius 1 is 1.21 bits per heavy atom. The molecule has 5 heteroatoms. The van der Waals surface area contributed by atoms with Crippen LogP contribution in [0, 0.1) is 0 Å². The average molecular weight is 348 g/mol. The van der Waals surface area contributed by atoms with E-state index < -0.39 is 0 Å². The lowest BCUT2D eigenvalue weighted by Gasteiger charge is -2.36. The molecule has 2 aromatic rings. The molecule has 1 N–H and O–H groups in total. The highest BCUT2D eigenvalue weighted by Gasteiger charge is 2.55. The van der Waals surface area contributed by atoms with Crippen LogP contribution in [0.4, 0.5) is 0 Å². The van der Waals surface area contributed by atoms with E-state index in [1.165, 1.54) is 5.56 Å². The van der Waals surface area contributed by atoms with Crippen LogP contribution in [0.2, 0.25) is 5.02 Å². The first-order valence-electron chi connectivity index (χ1n) is 8.85. The lowest BCUT2D eigenvalue weighted by atomic mass is 9.78. The summed E-state index contributed by atoms with van der Waals surface area (Å²) in [6, 6.07) is 5.96. The van der Waals surface area contributed by atoms with Gasteiger partial charge in [-0.3, -0.25) is 0 Å². The van der Waals surface area contributed by atoms with Crippen molar-refractivity contribution in [3.8, 4) is 0 Å². The van der Waals surface area contributed by atoms with Crippen LogP contribution in [-0.2, 0) is 9.31 Å². The van der Waals surface area contributed by atoms with Gasteiger partial charge in [-0.05, 0) is 56.9 Å². The molecule has 2 heterocycles. The zero-order valence-electron chi connectivity index (χ0n) is 15.5.